The Morgan fingerprint density at radius 1 is 0.729 bits per heavy atom. The number of hydrogen-bond acceptors (Lipinski definition) is 8. The molecule has 1 amide bonds. The number of rotatable bonds is 14. The summed E-state index contributed by atoms with van der Waals surface area (Å²) in [5.74, 6) is 0.109. The average Bonchev–Trinajstić information content (AvgIpc) is 3.75. The van der Waals surface area contributed by atoms with Crippen molar-refractivity contribution in [2.24, 2.45) is 5.10 Å². The standard InChI is InChI=1S/C32H27Cl3N4O7S2/c33-24-9-13-29(14-10-24)48(43,44)38(19-23-8-15-30(34)31(35)17-23)21-27-12-11-25(46-27)18-36-37-32(40)22-39(20-26-5-4-16-45-26)47(41,42)28-6-2-1-3-7-28/h1-18H,19-22H2,(H,37,40)/b36-18-. The Labute approximate surface area is 292 Å². The molecule has 1 N–H and O–H groups in total. The quantitative estimate of drug-likeness (QED) is 0.100. The molecule has 5 aromatic rings. The summed E-state index contributed by atoms with van der Waals surface area (Å²) in [7, 11) is -8.08. The fourth-order valence-corrected chi connectivity index (χ4v) is 7.68. The molecule has 0 bridgehead atoms. The van der Waals surface area contributed by atoms with Gasteiger partial charge in [0.05, 0.1) is 51.9 Å². The zero-order valence-electron chi connectivity index (χ0n) is 24.9. The fraction of sp³-hybridized carbons (Fsp3) is 0.125. The van der Waals surface area contributed by atoms with Crippen LogP contribution in [0.3, 0.4) is 0 Å². The van der Waals surface area contributed by atoms with E-state index in [9.17, 15) is 21.6 Å². The van der Waals surface area contributed by atoms with Crippen molar-refractivity contribution < 1.29 is 30.5 Å². The first-order valence-electron chi connectivity index (χ1n) is 14.1. The van der Waals surface area contributed by atoms with Crippen LogP contribution in [0.5, 0.6) is 0 Å². The monoisotopic (exact) mass is 748 g/mol. The summed E-state index contributed by atoms with van der Waals surface area (Å²) in [5, 5.41) is 4.89. The molecule has 0 saturated carbocycles. The van der Waals surface area contributed by atoms with Gasteiger partial charge in [0.25, 0.3) is 5.91 Å². The molecule has 3 aromatic carbocycles. The molecule has 0 radical (unpaired) electrons. The maximum atomic E-state index is 13.7. The molecule has 48 heavy (non-hydrogen) atoms. The number of benzene rings is 3. The highest BCUT2D eigenvalue weighted by atomic mass is 35.5. The van der Waals surface area contributed by atoms with E-state index in [1.165, 1.54) is 53.2 Å². The summed E-state index contributed by atoms with van der Waals surface area (Å²) in [5.41, 5.74) is 2.89. The lowest BCUT2D eigenvalue weighted by atomic mass is 10.2. The number of nitrogens with zero attached hydrogens (tertiary/aromatic N) is 3. The molecule has 250 valence electrons. The van der Waals surface area contributed by atoms with Crippen LogP contribution in [-0.4, -0.2) is 44.1 Å². The van der Waals surface area contributed by atoms with Gasteiger partial charge in [0.15, 0.2) is 0 Å². The van der Waals surface area contributed by atoms with Crippen molar-refractivity contribution in [1.29, 1.82) is 0 Å². The lowest BCUT2D eigenvalue weighted by molar-refractivity contribution is -0.121. The number of sulfonamides is 2. The largest absolute Gasteiger partial charge is 0.468 e. The second-order valence-electron chi connectivity index (χ2n) is 10.2. The van der Waals surface area contributed by atoms with E-state index in [2.05, 4.69) is 10.5 Å². The molecular weight excluding hydrogens is 723 g/mol. The third kappa shape index (κ3) is 8.94. The number of hydrazone groups is 1. The van der Waals surface area contributed by atoms with Crippen molar-refractivity contribution in [2.45, 2.75) is 29.4 Å². The van der Waals surface area contributed by atoms with Gasteiger partial charge in [-0.1, -0.05) is 59.1 Å². The molecule has 0 fully saturated rings. The molecule has 0 unspecified atom stereocenters. The first-order valence-corrected chi connectivity index (χ1v) is 18.1. The van der Waals surface area contributed by atoms with Gasteiger partial charge in [0.1, 0.15) is 17.3 Å². The Balaban J connectivity index is 1.28. The van der Waals surface area contributed by atoms with Crippen LogP contribution in [-0.2, 0) is 44.5 Å². The summed E-state index contributed by atoms with van der Waals surface area (Å²) < 4.78 is 67.2. The maximum Gasteiger partial charge on any atom is 0.255 e. The summed E-state index contributed by atoms with van der Waals surface area (Å²) in [6.45, 7) is -0.946. The second kappa shape index (κ2) is 15.5. The molecule has 2 heterocycles. The lowest BCUT2D eigenvalue weighted by Crippen LogP contribution is -2.38. The van der Waals surface area contributed by atoms with Gasteiger partial charge >= 0.3 is 0 Å². The zero-order valence-corrected chi connectivity index (χ0v) is 28.8. The SMILES string of the molecule is O=C(CN(Cc1ccco1)S(=O)(=O)c1ccccc1)N/N=C\c1ccc(CN(Cc2ccc(Cl)c(Cl)c2)S(=O)(=O)c2ccc(Cl)cc2)o1. The smallest absolute Gasteiger partial charge is 0.255 e. The minimum atomic E-state index is -4.05. The van der Waals surface area contributed by atoms with Crippen molar-refractivity contribution in [3.05, 3.63) is 141 Å². The molecule has 0 saturated heterocycles. The first kappa shape index (κ1) is 35.4. The average molecular weight is 750 g/mol. The molecule has 0 aliphatic rings. The van der Waals surface area contributed by atoms with Gasteiger partial charge in [-0.2, -0.15) is 13.7 Å². The molecule has 0 aliphatic heterocycles. The molecule has 0 atom stereocenters. The summed E-state index contributed by atoms with van der Waals surface area (Å²) >= 11 is 18.2. The van der Waals surface area contributed by atoms with Crippen LogP contribution < -0.4 is 5.43 Å². The highest BCUT2D eigenvalue weighted by Gasteiger charge is 2.28. The van der Waals surface area contributed by atoms with E-state index in [0.717, 1.165) is 4.31 Å². The molecule has 2 aromatic heterocycles. The highest BCUT2D eigenvalue weighted by Crippen LogP contribution is 2.27. The summed E-state index contributed by atoms with van der Waals surface area (Å²) in [6.07, 6.45) is 2.62. The minimum Gasteiger partial charge on any atom is -0.468 e. The van der Waals surface area contributed by atoms with E-state index in [1.807, 2.05) is 0 Å². The van der Waals surface area contributed by atoms with Crippen molar-refractivity contribution in [1.82, 2.24) is 14.0 Å². The molecule has 11 nitrogen and oxygen atoms in total. The van der Waals surface area contributed by atoms with Gasteiger partial charge in [-0.15, -0.1) is 0 Å². The second-order valence-corrected chi connectivity index (χ2v) is 15.4. The van der Waals surface area contributed by atoms with Crippen LogP contribution >= 0.6 is 34.8 Å². The van der Waals surface area contributed by atoms with Crippen molar-refractivity contribution in [3.8, 4) is 0 Å². The van der Waals surface area contributed by atoms with Crippen molar-refractivity contribution in [3.63, 3.8) is 0 Å². The number of carbonyl (C=O) groups is 1. The van der Waals surface area contributed by atoms with Gasteiger partial charge in [-0.05, 0) is 78.4 Å². The van der Waals surface area contributed by atoms with E-state index < -0.39 is 32.5 Å². The molecule has 5 rings (SSSR count). The van der Waals surface area contributed by atoms with E-state index in [4.69, 9.17) is 43.6 Å². The van der Waals surface area contributed by atoms with Crippen LogP contribution in [0.25, 0.3) is 0 Å². The van der Waals surface area contributed by atoms with Crippen LogP contribution in [0.4, 0.5) is 0 Å². The minimum absolute atomic E-state index is 0.0160. The van der Waals surface area contributed by atoms with Crippen LogP contribution in [0.2, 0.25) is 15.1 Å². The zero-order chi connectivity index (χ0) is 34.3. The number of halogens is 3. The van der Waals surface area contributed by atoms with Gasteiger partial charge < -0.3 is 8.83 Å². The number of carbonyl (C=O) groups excluding carboxylic acids is 1. The van der Waals surface area contributed by atoms with Crippen LogP contribution in [0.1, 0.15) is 22.8 Å². The Bertz CT molecular complexity index is 2110. The lowest BCUT2D eigenvalue weighted by Gasteiger charge is -2.22. The highest BCUT2D eigenvalue weighted by molar-refractivity contribution is 7.89. The third-order valence-corrected chi connectivity index (χ3v) is 11.4. The molecule has 0 spiro atoms. The van der Waals surface area contributed by atoms with E-state index >= 15 is 0 Å². The van der Waals surface area contributed by atoms with Crippen LogP contribution in [0, 0.1) is 0 Å². The normalized spacial score (nSPS) is 12.3. The van der Waals surface area contributed by atoms with Gasteiger partial charge in [-0.25, -0.2) is 22.3 Å². The van der Waals surface area contributed by atoms with Gasteiger partial charge in [0, 0.05) is 11.6 Å². The first-order chi connectivity index (χ1) is 22.9. The summed E-state index contributed by atoms with van der Waals surface area (Å²) in [6, 6.07) is 24.6. The Kier molecular flexibility index (Phi) is 11.4. The van der Waals surface area contributed by atoms with Gasteiger partial charge in [-0.3, -0.25) is 4.79 Å². The Morgan fingerprint density at radius 3 is 2.10 bits per heavy atom. The number of nitrogens with one attached hydrogen (secondary N) is 1. The number of furan rings is 2. The van der Waals surface area contributed by atoms with Crippen molar-refractivity contribution in [2.75, 3.05) is 6.54 Å². The molecular formula is C32H27Cl3N4O7S2. The maximum absolute atomic E-state index is 13.7. The number of hydrogen-bond donors (Lipinski definition) is 1. The Hall–Kier alpha value is -3.95. The van der Waals surface area contributed by atoms with E-state index in [0.29, 0.717) is 21.4 Å². The summed E-state index contributed by atoms with van der Waals surface area (Å²) in [4.78, 5) is 12.8. The molecule has 16 heteroatoms. The van der Waals surface area contributed by atoms with E-state index in [-0.39, 0.29) is 46.0 Å². The topological polar surface area (TPSA) is 142 Å². The van der Waals surface area contributed by atoms with Gasteiger partial charge in [0.2, 0.25) is 20.0 Å². The molecule has 0 aliphatic carbocycles. The fourth-order valence-electron chi connectivity index (χ4n) is 4.45. The predicted octanol–water partition coefficient (Wildman–Crippen LogP) is 6.57. The van der Waals surface area contributed by atoms with Crippen LogP contribution in [0.15, 0.2) is 127 Å². The third-order valence-electron chi connectivity index (χ3n) is 6.80. The van der Waals surface area contributed by atoms with Crippen molar-refractivity contribution >= 4 is 67.0 Å². The number of amides is 1. The predicted molar refractivity (Wildman–Crippen MR) is 182 cm³/mol. The Morgan fingerprint density at radius 2 is 1.42 bits per heavy atom. The van der Waals surface area contributed by atoms with E-state index in [1.54, 1.807) is 60.7 Å².